The van der Waals surface area contributed by atoms with Crippen LogP contribution in [0.4, 0.5) is 4.79 Å². The summed E-state index contributed by atoms with van der Waals surface area (Å²) in [7, 11) is 1.68. The number of phenolic OH excluding ortho intramolecular Hbond substituents is 1. The summed E-state index contributed by atoms with van der Waals surface area (Å²) < 4.78 is 0. The van der Waals surface area contributed by atoms with E-state index in [1.54, 1.807) is 30.1 Å². The third-order valence-electron chi connectivity index (χ3n) is 4.61. The molecule has 0 fully saturated rings. The van der Waals surface area contributed by atoms with Crippen molar-refractivity contribution in [1.82, 2.24) is 10.2 Å². The smallest absolute Gasteiger partial charge is 0.317 e. The number of aromatic hydroxyl groups is 1. The molecule has 2 atom stereocenters. The van der Waals surface area contributed by atoms with Gasteiger partial charge in [-0.15, -0.1) is 0 Å². The van der Waals surface area contributed by atoms with Crippen LogP contribution in [0.15, 0.2) is 54.6 Å². The summed E-state index contributed by atoms with van der Waals surface area (Å²) in [4.78, 5) is 25.2. The van der Waals surface area contributed by atoms with Crippen molar-refractivity contribution in [2.75, 3.05) is 7.05 Å². The van der Waals surface area contributed by atoms with Crippen molar-refractivity contribution in [2.24, 2.45) is 0 Å². The number of nitrogens with one attached hydrogen (secondary N) is 1. The van der Waals surface area contributed by atoms with Crippen LogP contribution in [-0.2, 0) is 11.2 Å². The average Bonchev–Trinajstić information content (AvgIpc) is 2.65. The van der Waals surface area contributed by atoms with Gasteiger partial charge in [0.15, 0.2) is 0 Å². The summed E-state index contributed by atoms with van der Waals surface area (Å²) in [6, 6.07) is 15.7. The van der Waals surface area contributed by atoms with Crippen molar-refractivity contribution >= 4 is 12.0 Å². The van der Waals surface area contributed by atoms with Gasteiger partial charge in [0.1, 0.15) is 5.75 Å². The van der Waals surface area contributed by atoms with E-state index in [1.807, 2.05) is 43.3 Å². The third-order valence-corrected chi connectivity index (χ3v) is 4.61. The van der Waals surface area contributed by atoms with Crippen molar-refractivity contribution in [2.45, 2.75) is 38.3 Å². The Labute approximate surface area is 159 Å². The highest BCUT2D eigenvalue weighted by atomic mass is 16.4. The number of aliphatic carboxylic acids is 1. The first-order chi connectivity index (χ1) is 12.9. The molecule has 0 saturated carbocycles. The molecule has 0 bridgehead atoms. The zero-order valence-corrected chi connectivity index (χ0v) is 15.6. The zero-order chi connectivity index (χ0) is 19.8. The molecular weight excluding hydrogens is 344 g/mol. The molecule has 0 heterocycles. The molecule has 0 aliphatic rings. The van der Waals surface area contributed by atoms with E-state index in [0.717, 1.165) is 11.1 Å². The normalized spacial score (nSPS) is 12.8. The number of hydrogen-bond acceptors (Lipinski definition) is 3. The maximum absolute atomic E-state index is 12.7. The Morgan fingerprint density at radius 1 is 1.11 bits per heavy atom. The Morgan fingerprint density at radius 2 is 1.81 bits per heavy atom. The summed E-state index contributed by atoms with van der Waals surface area (Å²) in [6.07, 6.45) is 0.905. The SMILES string of the molecule is CC(c1cccc(O)c1)N(C)C(=O)NC(CCC(=O)O)Cc1ccccc1. The number of rotatable bonds is 8. The Morgan fingerprint density at radius 3 is 2.44 bits per heavy atom. The van der Waals surface area contributed by atoms with E-state index in [2.05, 4.69) is 5.32 Å². The lowest BCUT2D eigenvalue weighted by atomic mass is 10.0. The van der Waals surface area contributed by atoms with Crippen LogP contribution in [0.5, 0.6) is 5.75 Å². The Bertz CT molecular complexity index is 764. The van der Waals surface area contributed by atoms with Crippen LogP contribution in [0.1, 0.15) is 36.9 Å². The topological polar surface area (TPSA) is 89.9 Å². The number of hydrogen-bond donors (Lipinski definition) is 3. The van der Waals surface area contributed by atoms with Gasteiger partial charge in [-0.25, -0.2) is 4.79 Å². The minimum atomic E-state index is -0.885. The van der Waals surface area contributed by atoms with E-state index in [0.29, 0.717) is 12.8 Å². The number of urea groups is 1. The van der Waals surface area contributed by atoms with Gasteiger partial charge in [0.2, 0.25) is 0 Å². The van der Waals surface area contributed by atoms with Crippen molar-refractivity contribution in [3.05, 3.63) is 65.7 Å². The van der Waals surface area contributed by atoms with Crippen LogP contribution in [0.3, 0.4) is 0 Å². The van der Waals surface area contributed by atoms with Crippen LogP contribution in [-0.4, -0.2) is 40.2 Å². The molecule has 6 heteroatoms. The molecule has 0 aliphatic carbocycles. The number of carbonyl (C=O) groups is 2. The van der Waals surface area contributed by atoms with Crippen molar-refractivity contribution in [3.63, 3.8) is 0 Å². The number of amides is 2. The highest BCUT2D eigenvalue weighted by Gasteiger charge is 2.21. The number of benzene rings is 2. The molecule has 6 nitrogen and oxygen atoms in total. The first-order valence-electron chi connectivity index (χ1n) is 8.94. The van der Waals surface area contributed by atoms with Crippen molar-refractivity contribution < 1.29 is 19.8 Å². The van der Waals surface area contributed by atoms with Crippen LogP contribution in [0.25, 0.3) is 0 Å². The molecule has 0 aromatic heterocycles. The largest absolute Gasteiger partial charge is 0.508 e. The number of nitrogens with zero attached hydrogens (tertiary/aromatic N) is 1. The fourth-order valence-corrected chi connectivity index (χ4v) is 2.88. The summed E-state index contributed by atoms with van der Waals surface area (Å²) in [6.45, 7) is 1.87. The molecule has 144 valence electrons. The maximum atomic E-state index is 12.7. The molecule has 0 spiro atoms. The van der Waals surface area contributed by atoms with E-state index >= 15 is 0 Å². The van der Waals surface area contributed by atoms with Gasteiger partial charge >= 0.3 is 12.0 Å². The van der Waals surface area contributed by atoms with E-state index in [-0.39, 0.29) is 30.3 Å². The fourth-order valence-electron chi connectivity index (χ4n) is 2.88. The van der Waals surface area contributed by atoms with Gasteiger partial charge in [0.05, 0.1) is 6.04 Å². The number of carboxylic acid groups (broad SMARTS) is 1. The summed E-state index contributed by atoms with van der Waals surface area (Å²) in [5.74, 6) is -0.736. The lowest BCUT2D eigenvalue weighted by Crippen LogP contribution is -2.45. The summed E-state index contributed by atoms with van der Waals surface area (Å²) >= 11 is 0. The number of phenols is 1. The van der Waals surface area contributed by atoms with Gasteiger partial charge in [0, 0.05) is 19.5 Å². The average molecular weight is 370 g/mol. The summed E-state index contributed by atoms with van der Waals surface area (Å²) in [5.41, 5.74) is 1.86. The fraction of sp³-hybridized carbons (Fsp3) is 0.333. The van der Waals surface area contributed by atoms with Gasteiger partial charge in [-0.3, -0.25) is 4.79 Å². The molecule has 0 aliphatic heterocycles. The van der Waals surface area contributed by atoms with Gasteiger partial charge in [-0.2, -0.15) is 0 Å². The molecular formula is C21H26N2O4. The first kappa shape index (κ1) is 20.3. The van der Waals surface area contributed by atoms with Gasteiger partial charge in [-0.1, -0.05) is 42.5 Å². The lowest BCUT2D eigenvalue weighted by Gasteiger charge is -2.28. The highest BCUT2D eigenvalue weighted by Crippen LogP contribution is 2.22. The predicted molar refractivity (Wildman–Crippen MR) is 104 cm³/mol. The predicted octanol–water partition coefficient (Wildman–Crippen LogP) is 3.57. The van der Waals surface area contributed by atoms with Crippen molar-refractivity contribution in [3.8, 4) is 5.75 Å². The van der Waals surface area contributed by atoms with Gasteiger partial charge < -0.3 is 20.4 Å². The molecule has 27 heavy (non-hydrogen) atoms. The third kappa shape index (κ3) is 6.33. The minimum absolute atomic E-state index is 0.0103. The van der Waals surface area contributed by atoms with Gasteiger partial charge in [0.25, 0.3) is 0 Å². The van der Waals surface area contributed by atoms with E-state index in [9.17, 15) is 14.7 Å². The first-order valence-corrected chi connectivity index (χ1v) is 8.94. The van der Waals surface area contributed by atoms with Crippen molar-refractivity contribution in [1.29, 1.82) is 0 Å². The second-order valence-corrected chi connectivity index (χ2v) is 6.65. The molecule has 2 unspecified atom stereocenters. The molecule has 2 amide bonds. The van der Waals surface area contributed by atoms with Gasteiger partial charge in [-0.05, 0) is 43.0 Å². The van der Waals surface area contributed by atoms with E-state index < -0.39 is 5.97 Å². The Kier molecular flexibility index (Phi) is 7.23. The zero-order valence-electron chi connectivity index (χ0n) is 15.6. The molecule has 2 aromatic carbocycles. The monoisotopic (exact) mass is 370 g/mol. The number of carboxylic acids is 1. The molecule has 0 saturated heterocycles. The Hall–Kier alpha value is -3.02. The molecule has 2 rings (SSSR count). The Balaban J connectivity index is 2.05. The molecule has 2 aromatic rings. The van der Waals surface area contributed by atoms with Crippen LogP contribution < -0.4 is 5.32 Å². The number of carbonyl (C=O) groups excluding carboxylic acids is 1. The second-order valence-electron chi connectivity index (χ2n) is 6.65. The quantitative estimate of drug-likeness (QED) is 0.663. The van der Waals surface area contributed by atoms with E-state index in [4.69, 9.17) is 5.11 Å². The molecule has 3 N–H and O–H groups in total. The van der Waals surface area contributed by atoms with Crippen LogP contribution in [0, 0.1) is 0 Å². The van der Waals surface area contributed by atoms with E-state index in [1.165, 1.54) is 0 Å². The summed E-state index contributed by atoms with van der Waals surface area (Å²) in [5, 5.41) is 21.6. The minimum Gasteiger partial charge on any atom is -0.508 e. The second kappa shape index (κ2) is 9.62. The maximum Gasteiger partial charge on any atom is 0.317 e. The standard InChI is InChI=1S/C21H26N2O4/c1-15(17-9-6-10-19(24)14-17)23(2)21(27)22-18(11-12-20(25)26)13-16-7-4-3-5-8-16/h3-10,14-15,18,24H,11-13H2,1-2H3,(H,22,27)(H,25,26). The van der Waals surface area contributed by atoms with Crippen LogP contribution in [0.2, 0.25) is 0 Å². The van der Waals surface area contributed by atoms with Crippen LogP contribution >= 0.6 is 0 Å². The highest BCUT2D eigenvalue weighted by molar-refractivity contribution is 5.75. The lowest BCUT2D eigenvalue weighted by molar-refractivity contribution is -0.137. The molecule has 0 radical (unpaired) electrons.